The van der Waals surface area contributed by atoms with E-state index in [0.29, 0.717) is 18.7 Å². The third kappa shape index (κ3) is 5.19. The van der Waals surface area contributed by atoms with Gasteiger partial charge in [-0.2, -0.15) is 18.2 Å². The van der Waals surface area contributed by atoms with E-state index in [9.17, 15) is 27.6 Å². The summed E-state index contributed by atoms with van der Waals surface area (Å²) in [6.07, 6.45) is -1.83. The minimum absolute atomic E-state index is 0.0177. The second kappa shape index (κ2) is 10.4. The number of ether oxygens (including phenoxy) is 2. The van der Waals surface area contributed by atoms with Crippen LogP contribution in [0.4, 0.5) is 13.2 Å². The van der Waals surface area contributed by atoms with Crippen molar-refractivity contribution in [1.82, 2.24) is 14.0 Å². The molecule has 12 heteroatoms. The Bertz CT molecular complexity index is 1700. The first-order valence-corrected chi connectivity index (χ1v) is 12.3. The van der Waals surface area contributed by atoms with E-state index in [4.69, 9.17) is 9.47 Å². The van der Waals surface area contributed by atoms with Crippen molar-refractivity contribution < 1.29 is 32.2 Å². The van der Waals surface area contributed by atoms with Gasteiger partial charge in [-0.1, -0.05) is 6.07 Å². The third-order valence-corrected chi connectivity index (χ3v) is 6.36. The predicted molar refractivity (Wildman–Crippen MR) is 133 cm³/mol. The monoisotopic (exact) mass is 540 g/mol. The number of pyridine rings is 2. The van der Waals surface area contributed by atoms with Gasteiger partial charge in [-0.25, -0.2) is 9.78 Å². The molecule has 3 aromatic heterocycles. The number of carbonyl (C=O) groups is 2. The fraction of sp³-hybridized carbons (Fsp3) is 0.296. The molecule has 0 aliphatic carbocycles. The molecule has 0 N–H and O–H groups in total. The maximum atomic E-state index is 13.4. The number of hydrogen-bond acceptors (Lipinski definition) is 6. The van der Waals surface area contributed by atoms with Gasteiger partial charge in [-0.15, -0.1) is 0 Å². The number of benzene rings is 1. The SMILES string of the molecule is CCOC(=O)c1cc2c(=O)n3ccccc3nc2n(C[C@@H]2CCCO2)c1=NC(=O)c1ccc(C(F)(F)F)cc1. The summed E-state index contributed by atoms with van der Waals surface area (Å²) >= 11 is 0. The lowest BCUT2D eigenvalue weighted by molar-refractivity contribution is -0.137. The number of nitrogens with zero attached hydrogens (tertiary/aromatic N) is 4. The van der Waals surface area contributed by atoms with Crippen molar-refractivity contribution >= 4 is 28.6 Å². The van der Waals surface area contributed by atoms with E-state index in [1.807, 2.05) is 0 Å². The molecular weight excluding hydrogens is 517 g/mol. The average molecular weight is 540 g/mol. The summed E-state index contributed by atoms with van der Waals surface area (Å²) < 4.78 is 52.8. The lowest BCUT2D eigenvalue weighted by atomic mass is 10.1. The fourth-order valence-electron chi connectivity index (χ4n) is 4.48. The van der Waals surface area contributed by atoms with E-state index < -0.39 is 29.2 Å². The number of aromatic nitrogens is 3. The van der Waals surface area contributed by atoms with Crippen molar-refractivity contribution in [3.05, 3.63) is 87.3 Å². The molecule has 0 saturated carbocycles. The van der Waals surface area contributed by atoms with E-state index in [1.165, 1.54) is 15.0 Å². The number of esters is 1. The number of carbonyl (C=O) groups excluding carboxylic acids is 2. The van der Waals surface area contributed by atoms with Crippen LogP contribution in [-0.2, 0) is 22.2 Å². The Hall–Kier alpha value is -4.32. The van der Waals surface area contributed by atoms with Crippen LogP contribution in [-0.4, -0.2) is 45.1 Å². The first-order valence-electron chi connectivity index (χ1n) is 12.3. The number of rotatable bonds is 5. The quantitative estimate of drug-likeness (QED) is 0.282. The van der Waals surface area contributed by atoms with Crippen LogP contribution in [0, 0.1) is 0 Å². The van der Waals surface area contributed by atoms with E-state index >= 15 is 0 Å². The van der Waals surface area contributed by atoms with Crippen LogP contribution in [0.3, 0.4) is 0 Å². The molecule has 1 amide bonds. The van der Waals surface area contributed by atoms with Gasteiger partial charge in [-0.05, 0) is 62.2 Å². The Balaban J connectivity index is 1.79. The van der Waals surface area contributed by atoms with Crippen molar-refractivity contribution in [3.8, 4) is 0 Å². The predicted octanol–water partition coefficient (Wildman–Crippen LogP) is 3.76. The lowest BCUT2D eigenvalue weighted by Gasteiger charge is -2.18. The van der Waals surface area contributed by atoms with Gasteiger partial charge in [0.05, 0.1) is 30.2 Å². The molecule has 0 spiro atoms. The van der Waals surface area contributed by atoms with Crippen molar-refractivity contribution in [3.63, 3.8) is 0 Å². The number of halogens is 3. The van der Waals surface area contributed by atoms with Crippen LogP contribution in [0.2, 0.25) is 0 Å². The Morgan fingerprint density at radius 2 is 1.95 bits per heavy atom. The molecule has 4 aromatic rings. The molecular formula is C27H23F3N4O5. The van der Waals surface area contributed by atoms with Gasteiger partial charge >= 0.3 is 12.1 Å². The topological polar surface area (TPSA) is 104 Å². The molecule has 1 aliphatic rings. The zero-order valence-electron chi connectivity index (χ0n) is 20.8. The first-order chi connectivity index (χ1) is 18.7. The maximum Gasteiger partial charge on any atom is 0.416 e. The molecule has 0 unspecified atom stereocenters. The highest BCUT2D eigenvalue weighted by atomic mass is 19.4. The van der Waals surface area contributed by atoms with Crippen LogP contribution >= 0.6 is 0 Å². The van der Waals surface area contributed by atoms with Crippen LogP contribution in [0.5, 0.6) is 0 Å². The van der Waals surface area contributed by atoms with Crippen LogP contribution in [0.15, 0.2) is 64.5 Å². The number of fused-ring (bicyclic) bond motifs is 2. The van der Waals surface area contributed by atoms with Crippen LogP contribution in [0.1, 0.15) is 46.0 Å². The minimum Gasteiger partial charge on any atom is -0.462 e. The molecule has 1 atom stereocenters. The Labute approximate surface area is 219 Å². The highest BCUT2D eigenvalue weighted by Crippen LogP contribution is 2.29. The normalized spacial score (nSPS) is 16.2. The summed E-state index contributed by atoms with van der Waals surface area (Å²) in [6, 6.07) is 9.90. The molecule has 39 heavy (non-hydrogen) atoms. The Morgan fingerprint density at radius 1 is 1.18 bits per heavy atom. The second-order valence-corrected chi connectivity index (χ2v) is 8.92. The second-order valence-electron chi connectivity index (χ2n) is 8.92. The Morgan fingerprint density at radius 3 is 2.62 bits per heavy atom. The summed E-state index contributed by atoms with van der Waals surface area (Å²) in [6.45, 7) is 2.27. The zero-order chi connectivity index (χ0) is 27.7. The molecule has 0 bridgehead atoms. The highest BCUT2D eigenvalue weighted by molar-refractivity contribution is 5.97. The molecule has 1 saturated heterocycles. The van der Waals surface area contributed by atoms with Crippen LogP contribution in [0.25, 0.3) is 16.7 Å². The molecule has 202 valence electrons. The smallest absolute Gasteiger partial charge is 0.416 e. The maximum absolute atomic E-state index is 13.4. The first kappa shape index (κ1) is 26.3. The molecule has 5 rings (SSSR count). The average Bonchev–Trinajstić information content (AvgIpc) is 3.43. The van der Waals surface area contributed by atoms with Gasteiger partial charge in [0.2, 0.25) is 0 Å². The van der Waals surface area contributed by atoms with E-state index in [1.54, 1.807) is 31.3 Å². The lowest BCUT2D eigenvalue weighted by Crippen LogP contribution is -2.35. The van der Waals surface area contributed by atoms with Gasteiger partial charge in [0.25, 0.3) is 11.5 Å². The zero-order valence-corrected chi connectivity index (χ0v) is 20.8. The van der Waals surface area contributed by atoms with Gasteiger partial charge in [0.15, 0.2) is 5.49 Å². The van der Waals surface area contributed by atoms with Crippen molar-refractivity contribution in [2.45, 2.75) is 38.6 Å². The Kier molecular flexibility index (Phi) is 7.04. The highest BCUT2D eigenvalue weighted by Gasteiger charge is 2.30. The molecule has 4 heterocycles. The molecule has 1 aromatic carbocycles. The summed E-state index contributed by atoms with van der Waals surface area (Å²) in [5.41, 5.74) is -1.25. The standard InChI is InChI=1S/C27H23F3N4O5/c1-2-38-26(37)20-14-19-22(31-21-7-3-4-12-33(21)25(19)36)34(15-18-6-5-13-39-18)23(20)32-24(35)16-8-10-17(11-9-16)27(28,29)30/h3-4,7-12,14,18H,2,5-6,13,15H2,1H3/t18-/m0/s1. The van der Waals surface area contributed by atoms with Gasteiger partial charge in [0, 0.05) is 18.4 Å². The molecule has 9 nitrogen and oxygen atoms in total. The molecule has 0 radical (unpaired) electrons. The number of alkyl halides is 3. The minimum atomic E-state index is -4.57. The summed E-state index contributed by atoms with van der Waals surface area (Å²) in [7, 11) is 0. The van der Waals surface area contributed by atoms with Gasteiger partial charge < -0.3 is 14.0 Å². The van der Waals surface area contributed by atoms with Gasteiger partial charge in [0.1, 0.15) is 16.9 Å². The number of hydrogen-bond donors (Lipinski definition) is 0. The summed E-state index contributed by atoms with van der Waals surface area (Å²) in [5.74, 6) is -1.70. The van der Waals surface area contributed by atoms with Crippen molar-refractivity contribution in [2.75, 3.05) is 13.2 Å². The summed E-state index contributed by atoms with van der Waals surface area (Å²) in [4.78, 5) is 48.4. The van der Waals surface area contributed by atoms with E-state index in [2.05, 4.69) is 9.98 Å². The van der Waals surface area contributed by atoms with Crippen molar-refractivity contribution in [1.29, 1.82) is 0 Å². The molecule has 1 aliphatic heterocycles. The van der Waals surface area contributed by atoms with E-state index in [0.717, 1.165) is 30.7 Å². The number of amides is 1. The van der Waals surface area contributed by atoms with Crippen LogP contribution < -0.4 is 11.0 Å². The van der Waals surface area contributed by atoms with Crippen molar-refractivity contribution in [2.24, 2.45) is 4.99 Å². The van der Waals surface area contributed by atoms with Gasteiger partial charge in [-0.3, -0.25) is 14.0 Å². The third-order valence-electron chi connectivity index (χ3n) is 6.36. The fourth-order valence-corrected chi connectivity index (χ4v) is 4.48. The summed E-state index contributed by atoms with van der Waals surface area (Å²) in [5, 5.41) is 0.0979. The van der Waals surface area contributed by atoms with E-state index in [-0.39, 0.29) is 46.9 Å². The molecule has 1 fully saturated rings. The largest absolute Gasteiger partial charge is 0.462 e.